The summed E-state index contributed by atoms with van der Waals surface area (Å²) in [5, 5.41) is 12.0. The number of hydrogen-bond acceptors (Lipinski definition) is 3. The van der Waals surface area contributed by atoms with Crippen molar-refractivity contribution in [2.45, 2.75) is 33.3 Å². The summed E-state index contributed by atoms with van der Waals surface area (Å²) >= 11 is 0. The standard InChI is InChI=1S/C19H21NO4/c1-12-10-14(13-8-6-5-7-9-13)11-15(16(12)17(21)22)20-18(23)24-19(2,3)4/h5-11H,1-4H3,(H,20,23)(H,21,22). The number of hydrogen-bond donors (Lipinski definition) is 2. The molecule has 0 saturated heterocycles. The Balaban J connectivity index is 2.45. The zero-order chi connectivity index (χ0) is 17.9. The first kappa shape index (κ1) is 17.5. The van der Waals surface area contributed by atoms with Gasteiger partial charge in [0.1, 0.15) is 5.60 Å². The fourth-order valence-electron chi connectivity index (χ4n) is 2.38. The van der Waals surface area contributed by atoms with Crippen LogP contribution in [0.25, 0.3) is 11.1 Å². The third kappa shape index (κ3) is 4.35. The lowest BCUT2D eigenvalue weighted by molar-refractivity contribution is 0.0636. The summed E-state index contributed by atoms with van der Waals surface area (Å²) in [4.78, 5) is 23.6. The molecule has 2 aromatic rings. The number of ether oxygens (including phenoxy) is 1. The van der Waals surface area contributed by atoms with Gasteiger partial charge in [0.25, 0.3) is 0 Å². The van der Waals surface area contributed by atoms with E-state index in [0.717, 1.165) is 11.1 Å². The van der Waals surface area contributed by atoms with Gasteiger partial charge in [-0.15, -0.1) is 0 Å². The van der Waals surface area contributed by atoms with Gasteiger partial charge in [-0.05, 0) is 50.5 Å². The summed E-state index contributed by atoms with van der Waals surface area (Å²) in [6.07, 6.45) is -0.686. The summed E-state index contributed by atoms with van der Waals surface area (Å²) in [7, 11) is 0. The van der Waals surface area contributed by atoms with E-state index in [0.29, 0.717) is 5.56 Å². The minimum absolute atomic E-state index is 0.0561. The number of carbonyl (C=O) groups is 2. The van der Waals surface area contributed by atoms with Crippen LogP contribution in [0.3, 0.4) is 0 Å². The summed E-state index contributed by atoms with van der Waals surface area (Å²) in [5.41, 5.74) is 1.93. The Morgan fingerprint density at radius 1 is 1.04 bits per heavy atom. The lowest BCUT2D eigenvalue weighted by Crippen LogP contribution is -2.28. The molecule has 0 heterocycles. The second kappa shape index (κ2) is 6.74. The Hall–Kier alpha value is -2.82. The molecular weight excluding hydrogens is 306 g/mol. The maximum absolute atomic E-state index is 12.0. The number of aryl methyl sites for hydroxylation is 1. The molecular formula is C19H21NO4. The molecule has 0 saturated carbocycles. The number of carbonyl (C=O) groups excluding carboxylic acids is 1. The normalized spacial score (nSPS) is 11.0. The summed E-state index contributed by atoms with van der Waals surface area (Å²) in [6.45, 7) is 6.94. The van der Waals surface area contributed by atoms with Gasteiger partial charge < -0.3 is 9.84 Å². The highest BCUT2D eigenvalue weighted by Gasteiger charge is 2.21. The fourth-order valence-corrected chi connectivity index (χ4v) is 2.38. The second-order valence-electron chi connectivity index (χ2n) is 6.51. The average Bonchev–Trinajstić information content (AvgIpc) is 2.45. The molecule has 0 unspecified atom stereocenters. The molecule has 5 nitrogen and oxygen atoms in total. The van der Waals surface area contributed by atoms with E-state index in [2.05, 4.69) is 5.32 Å². The van der Waals surface area contributed by atoms with E-state index in [1.165, 1.54) is 0 Å². The first-order chi connectivity index (χ1) is 11.2. The first-order valence-electron chi connectivity index (χ1n) is 7.61. The SMILES string of the molecule is Cc1cc(-c2ccccc2)cc(NC(=O)OC(C)(C)C)c1C(=O)O. The predicted octanol–water partition coefficient (Wildman–Crippen LogP) is 4.71. The zero-order valence-corrected chi connectivity index (χ0v) is 14.2. The Labute approximate surface area is 141 Å². The number of benzene rings is 2. The van der Waals surface area contributed by atoms with Gasteiger partial charge in [-0.1, -0.05) is 36.4 Å². The van der Waals surface area contributed by atoms with Crippen LogP contribution >= 0.6 is 0 Å². The maximum atomic E-state index is 12.0. The van der Waals surface area contributed by atoms with E-state index in [-0.39, 0.29) is 11.3 Å². The molecule has 0 aliphatic carbocycles. The highest BCUT2D eigenvalue weighted by molar-refractivity contribution is 6.01. The number of nitrogens with one attached hydrogen (secondary N) is 1. The largest absolute Gasteiger partial charge is 0.478 e. The Morgan fingerprint density at radius 2 is 1.67 bits per heavy atom. The van der Waals surface area contributed by atoms with E-state index in [4.69, 9.17) is 4.74 Å². The Bertz CT molecular complexity index is 761. The van der Waals surface area contributed by atoms with Crippen LogP contribution in [0.2, 0.25) is 0 Å². The van der Waals surface area contributed by atoms with Crippen molar-refractivity contribution in [1.29, 1.82) is 0 Å². The van der Waals surface area contributed by atoms with E-state index in [1.54, 1.807) is 39.8 Å². The monoisotopic (exact) mass is 327 g/mol. The smallest absolute Gasteiger partial charge is 0.412 e. The molecule has 0 aliphatic heterocycles. The van der Waals surface area contributed by atoms with E-state index >= 15 is 0 Å². The van der Waals surface area contributed by atoms with Gasteiger partial charge in [-0.2, -0.15) is 0 Å². The van der Waals surface area contributed by atoms with Crippen LogP contribution in [0, 0.1) is 6.92 Å². The van der Waals surface area contributed by atoms with Gasteiger partial charge >= 0.3 is 12.1 Å². The number of amides is 1. The predicted molar refractivity (Wildman–Crippen MR) is 93.4 cm³/mol. The Kier molecular flexibility index (Phi) is 4.93. The lowest BCUT2D eigenvalue weighted by atomic mass is 9.98. The summed E-state index contributed by atoms with van der Waals surface area (Å²) in [5.74, 6) is -1.10. The van der Waals surface area contributed by atoms with Crippen molar-refractivity contribution in [3.05, 3.63) is 53.6 Å². The van der Waals surface area contributed by atoms with E-state index < -0.39 is 17.7 Å². The van der Waals surface area contributed by atoms with Gasteiger partial charge in [0.15, 0.2) is 0 Å². The number of carboxylic acid groups (broad SMARTS) is 1. The topological polar surface area (TPSA) is 75.6 Å². The molecule has 0 atom stereocenters. The van der Waals surface area contributed by atoms with Crippen LogP contribution in [-0.2, 0) is 4.74 Å². The van der Waals surface area contributed by atoms with E-state index in [1.807, 2.05) is 30.3 Å². The molecule has 0 fully saturated rings. The summed E-state index contributed by atoms with van der Waals surface area (Å²) < 4.78 is 5.22. The molecule has 2 aromatic carbocycles. The van der Waals surface area contributed by atoms with Crippen molar-refractivity contribution in [2.24, 2.45) is 0 Å². The molecule has 0 spiro atoms. The van der Waals surface area contributed by atoms with Crippen LogP contribution in [-0.4, -0.2) is 22.8 Å². The molecule has 0 radical (unpaired) electrons. The van der Waals surface area contributed by atoms with Crippen LogP contribution in [0.5, 0.6) is 0 Å². The highest BCUT2D eigenvalue weighted by Crippen LogP contribution is 2.29. The Morgan fingerprint density at radius 3 is 2.21 bits per heavy atom. The van der Waals surface area contributed by atoms with Crippen LogP contribution in [0.1, 0.15) is 36.7 Å². The molecule has 0 bridgehead atoms. The molecule has 0 aliphatic rings. The fraction of sp³-hybridized carbons (Fsp3) is 0.263. The third-order valence-electron chi connectivity index (χ3n) is 3.29. The number of anilines is 1. The molecule has 2 rings (SSSR count). The maximum Gasteiger partial charge on any atom is 0.412 e. The first-order valence-corrected chi connectivity index (χ1v) is 7.61. The molecule has 5 heteroatoms. The van der Waals surface area contributed by atoms with Gasteiger partial charge in [-0.3, -0.25) is 5.32 Å². The van der Waals surface area contributed by atoms with Crippen LogP contribution in [0.4, 0.5) is 10.5 Å². The molecule has 1 amide bonds. The average molecular weight is 327 g/mol. The quantitative estimate of drug-likeness (QED) is 0.856. The molecule has 0 aromatic heterocycles. The van der Waals surface area contributed by atoms with Gasteiger partial charge in [0.05, 0.1) is 11.3 Å². The van der Waals surface area contributed by atoms with Crippen LogP contribution < -0.4 is 5.32 Å². The molecule has 24 heavy (non-hydrogen) atoms. The van der Waals surface area contributed by atoms with Crippen molar-refractivity contribution in [3.8, 4) is 11.1 Å². The van der Waals surface area contributed by atoms with Crippen molar-refractivity contribution in [2.75, 3.05) is 5.32 Å². The molecule has 126 valence electrons. The number of carboxylic acids is 1. The third-order valence-corrected chi connectivity index (χ3v) is 3.29. The van der Waals surface area contributed by atoms with Crippen molar-refractivity contribution < 1.29 is 19.4 Å². The van der Waals surface area contributed by atoms with Crippen LogP contribution in [0.15, 0.2) is 42.5 Å². The molecule has 2 N–H and O–H groups in total. The lowest BCUT2D eigenvalue weighted by Gasteiger charge is -2.21. The van der Waals surface area contributed by atoms with Gasteiger partial charge in [-0.25, -0.2) is 9.59 Å². The van der Waals surface area contributed by atoms with Gasteiger partial charge in [0, 0.05) is 0 Å². The van der Waals surface area contributed by atoms with Crippen molar-refractivity contribution in [1.82, 2.24) is 0 Å². The number of rotatable bonds is 3. The highest BCUT2D eigenvalue weighted by atomic mass is 16.6. The summed E-state index contributed by atoms with van der Waals surface area (Å²) in [6, 6.07) is 13.0. The second-order valence-corrected chi connectivity index (χ2v) is 6.51. The number of aromatic carboxylic acids is 1. The van der Waals surface area contributed by atoms with Gasteiger partial charge in [0.2, 0.25) is 0 Å². The van der Waals surface area contributed by atoms with Crippen molar-refractivity contribution >= 4 is 17.7 Å². The minimum atomic E-state index is -1.10. The zero-order valence-electron chi connectivity index (χ0n) is 14.2. The van der Waals surface area contributed by atoms with E-state index in [9.17, 15) is 14.7 Å². The minimum Gasteiger partial charge on any atom is -0.478 e. The van der Waals surface area contributed by atoms with Crippen molar-refractivity contribution in [3.63, 3.8) is 0 Å².